The molecule has 0 aliphatic heterocycles. The van der Waals surface area contributed by atoms with Gasteiger partial charge in [0.1, 0.15) is 10.6 Å². The van der Waals surface area contributed by atoms with Crippen molar-refractivity contribution < 1.29 is 17.6 Å². The molecule has 124 valence electrons. The Morgan fingerprint density at radius 2 is 1.88 bits per heavy atom. The standard InChI is InChI=1S/C16H14N2O4S2/c19-16(17-11-12-5-4-9-22-12)15-14(8-10-23-15)18-24(20,21)13-6-2-1-3-7-13/h1-10,18H,11H2,(H,17,19). The summed E-state index contributed by atoms with van der Waals surface area (Å²) < 4.78 is 32.3. The van der Waals surface area contributed by atoms with Crippen LogP contribution in [0.15, 0.2) is 69.5 Å². The molecule has 2 N–H and O–H groups in total. The smallest absolute Gasteiger partial charge is 0.263 e. The molecule has 2 heterocycles. The molecule has 0 fully saturated rings. The van der Waals surface area contributed by atoms with Gasteiger partial charge in [-0.1, -0.05) is 18.2 Å². The molecule has 0 saturated carbocycles. The highest BCUT2D eigenvalue weighted by atomic mass is 32.2. The van der Waals surface area contributed by atoms with Crippen molar-refractivity contribution >= 4 is 33.0 Å². The molecule has 0 saturated heterocycles. The van der Waals surface area contributed by atoms with Crippen LogP contribution >= 0.6 is 11.3 Å². The number of hydrogen-bond donors (Lipinski definition) is 2. The first-order valence-corrected chi connectivity index (χ1v) is 9.38. The van der Waals surface area contributed by atoms with Gasteiger partial charge in [0.15, 0.2) is 0 Å². The largest absolute Gasteiger partial charge is 0.467 e. The Labute approximate surface area is 143 Å². The number of sulfonamides is 1. The normalized spacial score (nSPS) is 11.2. The molecule has 0 unspecified atom stereocenters. The van der Waals surface area contributed by atoms with Crippen LogP contribution in [0.1, 0.15) is 15.4 Å². The molecule has 0 atom stereocenters. The third-order valence-corrected chi connectivity index (χ3v) is 5.47. The van der Waals surface area contributed by atoms with Crippen LogP contribution in [0, 0.1) is 0 Å². The first-order valence-electron chi connectivity index (χ1n) is 7.02. The van der Waals surface area contributed by atoms with Crippen molar-refractivity contribution in [2.45, 2.75) is 11.4 Å². The van der Waals surface area contributed by atoms with Gasteiger partial charge in [-0.3, -0.25) is 9.52 Å². The summed E-state index contributed by atoms with van der Waals surface area (Å²) in [5.74, 6) is 0.249. The second-order valence-electron chi connectivity index (χ2n) is 4.84. The predicted molar refractivity (Wildman–Crippen MR) is 91.4 cm³/mol. The van der Waals surface area contributed by atoms with E-state index in [0.717, 1.165) is 11.3 Å². The number of thiophene rings is 1. The van der Waals surface area contributed by atoms with Gasteiger partial charge in [-0.05, 0) is 35.7 Å². The van der Waals surface area contributed by atoms with E-state index in [9.17, 15) is 13.2 Å². The van der Waals surface area contributed by atoms with E-state index in [1.54, 1.807) is 41.8 Å². The van der Waals surface area contributed by atoms with Crippen molar-refractivity contribution in [2.75, 3.05) is 4.72 Å². The average molecular weight is 362 g/mol. The number of rotatable bonds is 6. The Balaban J connectivity index is 1.74. The molecule has 0 aliphatic rings. The predicted octanol–water partition coefficient (Wildman–Crippen LogP) is 3.07. The number of benzene rings is 1. The molecule has 2 aromatic heterocycles. The number of anilines is 1. The van der Waals surface area contributed by atoms with Crippen LogP contribution in [0.25, 0.3) is 0 Å². The number of carbonyl (C=O) groups is 1. The summed E-state index contributed by atoms with van der Waals surface area (Å²) in [7, 11) is -3.74. The lowest BCUT2D eigenvalue weighted by Gasteiger charge is -2.09. The molecule has 0 radical (unpaired) electrons. The van der Waals surface area contributed by atoms with Gasteiger partial charge in [-0.25, -0.2) is 8.42 Å². The molecule has 3 aromatic rings. The number of nitrogens with one attached hydrogen (secondary N) is 2. The highest BCUT2D eigenvalue weighted by Crippen LogP contribution is 2.25. The van der Waals surface area contributed by atoms with Crippen LogP contribution < -0.4 is 10.0 Å². The van der Waals surface area contributed by atoms with E-state index < -0.39 is 10.0 Å². The van der Waals surface area contributed by atoms with Gasteiger partial charge in [0.05, 0.1) is 23.4 Å². The van der Waals surface area contributed by atoms with Crippen LogP contribution in [0.4, 0.5) is 5.69 Å². The third-order valence-electron chi connectivity index (χ3n) is 3.17. The number of carbonyl (C=O) groups excluding carboxylic acids is 1. The van der Waals surface area contributed by atoms with Gasteiger partial charge in [0, 0.05) is 0 Å². The maximum atomic E-state index is 12.4. The van der Waals surface area contributed by atoms with Crippen LogP contribution in [-0.2, 0) is 16.6 Å². The first kappa shape index (κ1) is 16.3. The van der Waals surface area contributed by atoms with Gasteiger partial charge in [0.2, 0.25) is 0 Å². The van der Waals surface area contributed by atoms with Crippen molar-refractivity contribution in [2.24, 2.45) is 0 Å². The van der Waals surface area contributed by atoms with E-state index in [1.165, 1.54) is 18.4 Å². The fourth-order valence-electron chi connectivity index (χ4n) is 2.03. The summed E-state index contributed by atoms with van der Waals surface area (Å²) in [6.45, 7) is 0.231. The lowest BCUT2D eigenvalue weighted by atomic mass is 10.3. The van der Waals surface area contributed by atoms with Crippen molar-refractivity contribution in [1.29, 1.82) is 0 Å². The van der Waals surface area contributed by atoms with Crippen LogP contribution in [0.2, 0.25) is 0 Å². The zero-order chi connectivity index (χ0) is 17.0. The molecule has 24 heavy (non-hydrogen) atoms. The van der Waals surface area contributed by atoms with Crippen LogP contribution in [-0.4, -0.2) is 14.3 Å². The minimum atomic E-state index is -3.74. The topological polar surface area (TPSA) is 88.4 Å². The fraction of sp³-hybridized carbons (Fsp3) is 0.0625. The Morgan fingerprint density at radius 3 is 2.58 bits per heavy atom. The van der Waals surface area contributed by atoms with Crippen LogP contribution in [0.3, 0.4) is 0 Å². The Kier molecular flexibility index (Phi) is 4.68. The average Bonchev–Trinajstić information content (AvgIpc) is 3.25. The van der Waals surface area contributed by atoms with E-state index in [1.807, 2.05) is 0 Å². The molecule has 0 bridgehead atoms. The second-order valence-corrected chi connectivity index (χ2v) is 7.44. The molecule has 0 spiro atoms. The van der Waals surface area contributed by atoms with Crippen molar-refractivity contribution in [3.05, 3.63) is 70.8 Å². The second kappa shape index (κ2) is 6.90. The minimum absolute atomic E-state index is 0.137. The highest BCUT2D eigenvalue weighted by Gasteiger charge is 2.19. The monoisotopic (exact) mass is 362 g/mol. The Bertz CT molecular complexity index is 916. The maximum Gasteiger partial charge on any atom is 0.263 e. The van der Waals surface area contributed by atoms with Crippen LogP contribution in [0.5, 0.6) is 0 Å². The van der Waals surface area contributed by atoms with Gasteiger partial charge < -0.3 is 9.73 Å². The Hall–Kier alpha value is -2.58. The first-order chi connectivity index (χ1) is 11.6. The lowest BCUT2D eigenvalue weighted by Crippen LogP contribution is -2.23. The van der Waals surface area contributed by atoms with Gasteiger partial charge >= 0.3 is 0 Å². The van der Waals surface area contributed by atoms with E-state index in [4.69, 9.17) is 4.42 Å². The summed E-state index contributed by atoms with van der Waals surface area (Å²) in [4.78, 5) is 12.7. The quantitative estimate of drug-likeness (QED) is 0.705. The molecule has 6 nitrogen and oxygen atoms in total. The van der Waals surface area contributed by atoms with Crippen molar-refractivity contribution in [3.63, 3.8) is 0 Å². The molecule has 3 rings (SSSR count). The Morgan fingerprint density at radius 1 is 1.08 bits per heavy atom. The maximum absolute atomic E-state index is 12.4. The molecule has 0 aliphatic carbocycles. The zero-order valence-electron chi connectivity index (χ0n) is 12.4. The molecule has 1 amide bonds. The summed E-state index contributed by atoms with van der Waals surface area (Å²) in [6.07, 6.45) is 1.52. The minimum Gasteiger partial charge on any atom is -0.467 e. The van der Waals surface area contributed by atoms with E-state index >= 15 is 0 Å². The van der Waals surface area contributed by atoms with Crippen molar-refractivity contribution in [1.82, 2.24) is 5.32 Å². The summed E-state index contributed by atoms with van der Waals surface area (Å²) in [5.41, 5.74) is 0.251. The van der Waals surface area contributed by atoms with E-state index in [0.29, 0.717) is 10.6 Å². The third kappa shape index (κ3) is 3.66. The molecular formula is C16H14N2O4S2. The lowest BCUT2D eigenvalue weighted by molar-refractivity contribution is 0.0953. The fourth-order valence-corrected chi connectivity index (χ4v) is 3.95. The summed E-state index contributed by atoms with van der Waals surface area (Å²) >= 11 is 1.16. The zero-order valence-corrected chi connectivity index (χ0v) is 14.1. The van der Waals surface area contributed by atoms with Gasteiger partial charge in [-0.15, -0.1) is 11.3 Å². The molecule has 8 heteroatoms. The van der Waals surface area contributed by atoms with Gasteiger partial charge in [-0.2, -0.15) is 0 Å². The number of hydrogen-bond acceptors (Lipinski definition) is 5. The molecular weight excluding hydrogens is 348 g/mol. The van der Waals surface area contributed by atoms with E-state index in [-0.39, 0.29) is 23.0 Å². The van der Waals surface area contributed by atoms with Crippen molar-refractivity contribution in [3.8, 4) is 0 Å². The molecule has 1 aromatic carbocycles. The van der Waals surface area contributed by atoms with E-state index in [2.05, 4.69) is 10.0 Å². The summed E-state index contributed by atoms with van der Waals surface area (Å²) in [5, 5.41) is 4.35. The highest BCUT2D eigenvalue weighted by molar-refractivity contribution is 7.92. The number of amides is 1. The summed E-state index contributed by atoms with van der Waals surface area (Å²) in [6, 6.07) is 13.0. The SMILES string of the molecule is O=C(NCc1ccco1)c1sccc1NS(=O)(=O)c1ccccc1. The number of furan rings is 1. The van der Waals surface area contributed by atoms with Gasteiger partial charge in [0.25, 0.3) is 15.9 Å².